The summed E-state index contributed by atoms with van der Waals surface area (Å²) < 4.78 is 25.2. The third-order valence-corrected chi connectivity index (χ3v) is 6.52. The SMILES string of the molecule is CS(=O)(=O)N(CC(=O)NCc1ccc(CN2CCCCC2)cc1)c1cccc([N+](=O)[O-])c1. The monoisotopic (exact) mass is 460 g/mol. The fourth-order valence-corrected chi connectivity index (χ4v) is 4.54. The maximum absolute atomic E-state index is 12.4. The first-order valence-electron chi connectivity index (χ1n) is 10.5. The molecular formula is C22H28N4O5S. The zero-order chi connectivity index (χ0) is 23.1. The van der Waals surface area contributed by atoms with Gasteiger partial charge in [0.25, 0.3) is 5.69 Å². The molecule has 0 radical (unpaired) electrons. The van der Waals surface area contributed by atoms with Crippen molar-refractivity contribution in [3.05, 3.63) is 69.8 Å². The molecule has 1 aliphatic heterocycles. The van der Waals surface area contributed by atoms with Gasteiger partial charge >= 0.3 is 0 Å². The number of nitrogens with zero attached hydrogens (tertiary/aromatic N) is 3. The number of rotatable bonds is 9. The lowest BCUT2D eigenvalue weighted by Crippen LogP contribution is -2.40. The quantitative estimate of drug-likeness (QED) is 0.455. The second kappa shape index (κ2) is 10.6. The van der Waals surface area contributed by atoms with Crippen LogP contribution in [0.15, 0.2) is 48.5 Å². The highest BCUT2D eigenvalue weighted by Crippen LogP contribution is 2.23. The van der Waals surface area contributed by atoms with Crippen molar-refractivity contribution in [2.24, 2.45) is 0 Å². The van der Waals surface area contributed by atoms with E-state index in [0.717, 1.165) is 41.8 Å². The second-order valence-electron chi connectivity index (χ2n) is 7.98. The van der Waals surface area contributed by atoms with Crippen molar-refractivity contribution in [1.82, 2.24) is 10.2 Å². The molecule has 3 rings (SSSR count). The first-order valence-corrected chi connectivity index (χ1v) is 12.4. The van der Waals surface area contributed by atoms with Gasteiger partial charge in [-0.15, -0.1) is 0 Å². The van der Waals surface area contributed by atoms with Gasteiger partial charge in [0.2, 0.25) is 15.9 Å². The van der Waals surface area contributed by atoms with Gasteiger partial charge in [-0.3, -0.25) is 24.1 Å². The molecule has 9 nitrogen and oxygen atoms in total. The lowest BCUT2D eigenvalue weighted by molar-refractivity contribution is -0.384. The van der Waals surface area contributed by atoms with Crippen molar-refractivity contribution in [3.8, 4) is 0 Å². The predicted octanol–water partition coefficient (Wildman–Crippen LogP) is 2.66. The number of amides is 1. The summed E-state index contributed by atoms with van der Waals surface area (Å²) in [5.41, 5.74) is 1.94. The molecule has 0 unspecified atom stereocenters. The highest BCUT2D eigenvalue weighted by molar-refractivity contribution is 7.92. The average Bonchev–Trinajstić information content (AvgIpc) is 2.77. The molecule has 0 spiro atoms. The van der Waals surface area contributed by atoms with E-state index in [1.165, 1.54) is 43.0 Å². The number of hydrogen-bond donors (Lipinski definition) is 1. The summed E-state index contributed by atoms with van der Waals surface area (Å²) in [5.74, 6) is -0.501. The number of anilines is 1. The fraction of sp³-hybridized carbons (Fsp3) is 0.409. The van der Waals surface area contributed by atoms with Crippen LogP contribution in [-0.4, -0.2) is 50.0 Å². The van der Waals surface area contributed by atoms with Crippen LogP contribution in [0.3, 0.4) is 0 Å². The topological polar surface area (TPSA) is 113 Å². The van der Waals surface area contributed by atoms with E-state index >= 15 is 0 Å². The summed E-state index contributed by atoms with van der Waals surface area (Å²) >= 11 is 0. The molecule has 1 N–H and O–H groups in total. The Morgan fingerprint density at radius 2 is 1.75 bits per heavy atom. The van der Waals surface area contributed by atoms with Gasteiger partial charge < -0.3 is 5.32 Å². The number of carbonyl (C=O) groups is 1. The van der Waals surface area contributed by atoms with Crippen LogP contribution in [0.4, 0.5) is 11.4 Å². The van der Waals surface area contributed by atoms with Crippen molar-refractivity contribution < 1.29 is 18.1 Å². The Morgan fingerprint density at radius 1 is 1.09 bits per heavy atom. The summed E-state index contributed by atoms with van der Waals surface area (Å²) in [6.45, 7) is 2.96. The molecule has 0 aromatic heterocycles. The Balaban J connectivity index is 1.58. The highest BCUT2D eigenvalue weighted by atomic mass is 32.2. The summed E-state index contributed by atoms with van der Waals surface area (Å²) in [4.78, 5) is 25.3. The molecule has 1 amide bonds. The Morgan fingerprint density at radius 3 is 2.38 bits per heavy atom. The van der Waals surface area contributed by atoms with Crippen molar-refractivity contribution >= 4 is 27.3 Å². The van der Waals surface area contributed by atoms with Gasteiger partial charge in [-0.05, 0) is 43.1 Å². The molecule has 0 aliphatic carbocycles. The van der Waals surface area contributed by atoms with Crippen LogP contribution in [0.25, 0.3) is 0 Å². The molecule has 0 atom stereocenters. The Bertz CT molecular complexity index is 1050. The summed E-state index contributed by atoms with van der Waals surface area (Å²) in [6, 6.07) is 13.2. The zero-order valence-electron chi connectivity index (χ0n) is 18.1. The van der Waals surface area contributed by atoms with Crippen LogP contribution in [-0.2, 0) is 27.9 Å². The Labute approximate surface area is 188 Å². The van der Waals surface area contributed by atoms with Crippen molar-refractivity contribution in [2.45, 2.75) is 32.4 Å². The first-order chi connectivity index (χ1) is 15.2. The molecule has 1 fully saturated rings. The highest BCUT2D eigenvalue weighted by Gasteiger charge is 2.22. The van der Waals surface area contributed by atoms with Crippen molar-refractivity contribution in [2.75, 3.05) is 30.2 Å². The lowest BCUT2D eigenvalue weighted by atomic mass is 10.1. The molecular weight excluding hydrogens is 432 g/mol. The third kappa shape index (κ3) is 6.76. The fourth-order valence-electron chi connectivity index (χ4n) is 3.69. The molecule has 172 valence electrons. The van der Waals surface area contributed by atoms with Gasteiger partial charge in [0.15, 0.2) is 0 Å². The van der Waals surface area contributed by atoms with Crippen LogP contribution < -0.4 is 9.62 Å². The van der Waals surface area contributed by atoms with E-state index in [1.807, 2.05) is 24.3 Å². The van der Waals surface area contributed by atoms with E-state index in [4.69, 9.17) is 0 Å². The van der Waals surface area contributed by atoms with Gasteiger partial charge in [-0.2, -0.15) is 0 Å². The summed E-state index contributed by atoms with van der Waals surface area (Å²) in [5, 5.41) is 13.7. The number of non-ortho nitro benzene ring substituents is 1. The first kappa shape index (κ1) is 23.7. The minimum Gasteiger partial charge on any atom is -0.350 e. The number of carbonyl (C=O) groups excluding carboxylic acids is 1. The number of sulfonamides is 1. The van der Waals surface area contributed by atoms with Gasteiger partial charge in [0, 0.05) is 25.2 Å². The largest absolute Gasteiger partial charge is 0.350 e. The number of hydrogen-bond acceptors (Lipinski definition) is 6. The molecule has 1 saturated heterocycles. The number of nitro benzene ring substituents is 1. The van der Waals surface area contributed by atoms with Crippen LogP contribution in [0.1, 0.15) is 30.4 Å². The molecule has 10 heteroatoms. The summed E-state index contributed by atoms with van der Waals surface area (Å²) in [7, 11) is -3.81. The zero-order valence-corrected chi connectivity index (χ0v) is 18.9. The minimum atomic E-state index is -3.81. The molecule has 1 aliphatic rings. The number of benzene rings is 2. The van der Waals surface area contributed by atoms with Crippen molar-refractivity contribution in [3.63, 3.8) is 0 Å². The third-order valence-electron chi connectivity index (χ3n) is 5.38. The lowest BCUT2D eigenvalue weighted by Gasteiger charge is -2.26. The standard InChI is InChI=1S/C22H28N4O5S/c1-32(30,31)25(20-6-5-7-21(14-20)26(28)29)17-22(27)23-15-18-8-10-19(11-9-18)16-24-12-3-2-4-13-24/h5-11,14H,2-4,12-13,15-17H2,1H3,(H,23,27). The van der Waals surface area contributed by atoms with E-state index in [1.54, 1.807) is 0 Å². The van der Waals surface area contributed by atoms with Crippen molar-refractivity contribution in [1.29, 1.82) is 0 Å². The van der Waals surface area contributed by atoms with E-state index < -0.39 is 27.4 Å². The van der Waals surface area contributed by atoms with Gasteiger partial charge in [-0.1, -0.05) is 36.8 Å². The van der Waals surface area contributed by atoms with E-state index in [-0.39, 0.29) is 17.9 Å². The molecule has 2 aromatic rings. The normalized spacial score (nSPS) is 14.7. The maximum atomic E-state index is 12.4. The number of likely N-dealkylation sites (tertiary alicyclic amines) is 1. The predicted molar refractivity (Wildman–Crippen MR) is 123 cm³/mol. The average molecular weight is 461 g/mol. The molecule has 2 aromatic carbocycles. The van der Waals surface area contributed by atoms with E-state index in [0.29, 0.717) is 0 Å². The van der Waals surface area contributed by atoms with Crippen LogP contribution in [0.5, 0.6) is 0 Å². The van der Waals surface area contributed by atoms with Gasteiger partial charge in [-0.25, -0.2) is 8.42 Å². The Kier molecular flexibility index (Phi) is 7.81. The molecule has 1 heterocycles. The smallest absolute Gasteiger partial charge is 0.271 e. The minimum absolute atomic E-state index is 0.0684. The molecule has 0 saturated carbocycles. The van der Waals surface area contributed by atoms with Crippen LogP contribution in [0.2, 0.25) is 0 Å². The van der Waals surface area contributed by atoms with E-state index in [9.17, 15) is 23.3 Å². The maximum Gasteiger partial charge on any atom is 0.271 e. The van der Waals surface area contributed by atoms with Gasteiger partial charge in [0.05, 0.1) is 16.9 Å². The van der Waals surface area contributed by atoms with E-state index in [2.05, 4.69) is 10.2 Å². The van der Waals surface area contributed by atoms with Crippen LogP contribution >= 0.6 is 0 Å². The number of piperidine rings is 1. The number of nitro groups is 1. The molecule has 0 bridgehead atoms. The summed E-state index contributed by atoms with van der Waals surface area (Å²) in [6.07, 6.45) is 4.74. The Hall–Kier alpha value is -2.98. The van der Waals surface area contributed by atoms with Gasteiger partial charge in [0.1, 0.15) is 6.54 Å². The second-order valence-corrected chi connectivity index (χ2v) is 9.88. The number of nitrogens with one attached hydrogen (secondary N) is 1. The molecule has 32 heavy (non-hydrogen) atoms. The van der Waals surface area contributed by atoms with Crippen LogP contribution in [0, 0.1) is 10.1 Å².